The average Bonchev–Trinajstić information content (AvgIpc) is 2.18. The Morgan fingerprint density at radius 2 is 1.93 bits per heavy atom. The van der Waals surface area contributed by atoms with E-state index in [0.717, 1.165) is 31.8 Å². The third-order valence-corrected chi connectivity index (χ3v) is 3.03. The van der Waals surface area contributed by atoms with Crippen molar-refractivity contribution in [2.24, 2.45) is 5.92 Å². The van der Waals surface area contributed by atoms with Crippen molar-refractivity contribution >= 4 is 0 Å². The molecule has 0 aromatic rings. The number of piperidine rings is 1. The van der Waals surface area contributed by atoms with E-state index >= 15 is 0 Å². The minimum absolute atomic E-state index is 0.426. The van der Waals surface area contributed by atoms with Crippen molar-refractivity contribution in [3.8, 4) is 0 Å². The van der Waals surface area contributed by atoms with Crippen LogP contribution in [0.4, 0.5) is 0 Å². The summed E-state index contributed by atoms with van der Waals surface area (Å²) in [4.78, 5) is 1.99. The van der Waals surface area contributed by atoms with Crippen LogP contribution in [0.2, 0.25) is 0 Å². The maximum Gasteiger partial charge on any atom is 0.224 e. The highest BCUT2D eigenvalue weighted by Gasteiger charge is 2.32. The van der Waals surface area contributed by atoms with Crippen molar-refractivity contribution in [1.29, 1.82) is 0 Å². The maximum absolute atomic E-state index is 10.1. The molecule has 1 aliphatic heterocycles. The first-order chi connectivity index (χ1) is 7.06. The Labute approximate surface area is 92.2 Å². The fourth-order valence-corrected chi connectivity index (χ4v) is 1.83. The van der Waals surface area contributed by atoms with Gasteiger partial charge in [-0.3, -0.25) is 4.90 Å². The van der Waals surface area contributed by atoms with Crippen molar-refractivity contribution in [2.75, 3.05) is 33.4 Å². The fraction of sp³-hybridized carbons (Fsp3) is 1.00. The van der Waals surface area contributed by atoms with Gasteiger partial charge in [0.2, 0.25) is 5.91 Å². The molecule has 1 heterocycles. The molecule has 1 atom stereocenters. The van der Waals surface area contributed by atoms with Gasteiger partial charge in [0.1, 0.15) is 0 Å². The number of rotatable bonds is 5. The number of hydrogen-bond donors (Lipinski definition) is 1. The van der Waals surface area contributed by atoms with Gasteiger partial charge in [0.25, 0.3) is 0 Å². The molecule has 0 aliphatic carbocycles. The van der Waals surface area contributed by atoms with Crippen LogP contribution in [-0.2, 0) is 9.47 Å². The minimum Gasteiger partial charge on any atom is -0.382 e. The van der Waals surface area contributed by atoms with Crippen LogP contribution < -0.4 is 0 Å². The molecule has 1 fully saturated rings. The zero-order valence-electron chi connectivity index (χ0n) is 10.0. The Morgan fingerprint density at radius 3 is 2.47 bits per heavy atom. The van der Waals surface area contributed by atoms with E-state index in [4.69, 9.17) is 9.47 Å². The predicted octanol–water partition coefficient (Wildman–Crippen LogP) is 1.05. The SMILES string of the molecule is COCCOC(C)(O)N1CCC(C)CC1. The van der Waals surface area contributed by atoms with Gasteiger partial charge in [0.15, 0.2) is 0 Å². The smallest absolute Gasteiger partial charge is 0.224 e. The zero-order chi connectivity index (χ0) is 11.3. The van der Waals surface area contributed by atoms with Gasteiger partial charge in [-0.25, -0.2) is 0 Å². The van der Waals surface area contributed by atoms with Gasteiger partial charge in [0, 0.05) is 27.1 Å². The summed E-state index contributed by atoms with van der Waals surface area (Å²) in [5.41, 5.74) is 0. The Balaban J connectivity index is 2.32. The van der Waals surface area contributed by atoms with E-state index in [9.17, 15) is 5.11 Å². The van der Waals surface area contributed by atoms with Gasteiger partial charge in [-0.2, -0.15) is 0 Å². The summed E-state index contributed by atoms with van der Waals surface area (Å²) < 4.78 is 10.3. The summed E-state index contributed by atoms with van der Waals surface area (Å²) in [5, 5.41) is 10.1. The lowest BCUT2D eigenvalue weighted by molar-refractivity contribution is -0.288. The van der Waals surface area contributed by atoms with Crippen molar-refractivity contribution < 1.29 is 14.6 Å². The van der Waals surface area contributed by atoms with Gasteiger partial charge >= 0.3 is 0 Å². The number of likely N-dealkylation sites (tertiary alicyclic amines) is 1. The van der Waals surface area contributed by atoms with Crippen molar-refractivity contribution in [2.45, 2.75) is 32.6 Å². The van der Waals surface area contributed by atoms with Gasteiger partial charge in [0.05, 0.1) is 13.2 Å². The van der Waals surface area contributed by atoms with Crippen LogP contribution in [0, 0.1) is 5.92 Å². The number of hydrogen-bond acceptors (Lipinski definition) is 4. The van der Waals surface area contributed by atoms with E-state index in [-0.39, 0.29) is 0 Å². The minimum atomic E-state index is -1.14. The molecule has 1 saturated heterocycles. The fourth-order valence-electron chi connectivity index (χ4n) is 1.83. The lowest BCUT2D eigenvalue weighted by atomic mass is 9.99. The highest BCUT2D eigenvalue weighted by molar-refractivity contribution is 4.73. The number of aliphatic hydroxyl groups is 1. The molecule has 0 spiro atoms. The molecule has 4 nitrogen and oxygen atoms in total. The first-order valence-corrected chi connectivity index (χ1v) is 5.66. The largest absolute Gasteiger partial charge is 0.382 e. The number of nitrogens with zero attached hydrogens (tertiary/aromatic N) is 1. The molecule has 1 unspecified atom stereocenters. The van der Waals surface area contributed by atoms with E-state index in [0.29, 0.717) is 13.2 Å². The van der Waals surface area contributed by atoms with Gasteiger partial charge in [-0.05, 0) is 18.8 Å². The highest BCUT2D eigenvalue weighted by Crippen LogP contribution is 2.22. The molecule has 0 amide bonds. The van der Waals surface area contributed by atoms with Crippen molar-refractivity contribution in [3.05, 3.63) is 0 Å². The van der Waals surface area contributed by atoms with Crippen LogP contribution in [0.25, 0.3) is 0 Å². The van der Waals surface area contributed by atoms with Crippen LogP contribution in [-0.4, -0.2) is 49.3 Å². The zero-order valence-corrected chi connectivity index (χ0v) is 10.0. The first kappa shape index (κ1) is 12.9. The monoisotopic (exact) mass is 217 g/mol. The summed E-state index contributed by atoms with van der Waals surface area (Å²) >= 11 is 0. The third-order valence-electron chi connectivity index (χ3n) is 3.03. The van der Waals surface area contributed by atoms with Gasteiger partial charge in [-0.15, -0.1) is 0 Å². The normalized spacial score (nSPS) is 24.0. The lowest BCUT2D eigenvalue weighted by Crippen LogP contribution is -2.52. The van der Waals surface area contributed by atoms with Crippen LogP contribution in [0.3, 0.4) is 0 Å². The Hall–Kier alpha value is -0.160. The molecule has 1 N–H and O–H groups in total. The van der Waals surface area contributed by atoms with Crippen LogP contribution in [0.5, 0.6) is 0 Å². The van der Waals surface area contributed by atoms with E-state index in [1.807, 2.05) is 4.90 Å². The second-order valence-electron chi connectivity index (χ2n) is 4.44. The highest BCUT2D eigenvalue weighted by atomic mass is 16.7. The van der Waals surface area contributed by atoms with Crippen LogP contribution in [0.1, 0.15) is 26.7 Å². The summed E-state index contributed by atoms with van der Waals surface area (Å²) in [6.45, 7) is 6.70. The molecule has 0 bridgehead atoms. The topological polar surface area (TPSA) is 41.9 Å². The summed E-state index contributed by atoms with van der Waals surface area (Å²) in [6.07, 6.45) is 2.26. The Kier molecular flexibility index (Phi) is 4.99. The maximum atomic E-state index is 10.1. The molecule has 0 aromatic carbocycles. The molecule has 0 saturated carbocycles. The first-order valence-electron chi connectivity index (χ1n) is 5.66. The third kappa shape index (κ3) is 4.07. The van der Waals surface area contributed by atoms with Crippen LogP contribution in [0.15, 0.2) is 0 Å². The van der Waals surface area contributed by atoms with Crippen LogP contribution >= 0.6 is 0 Å². The molecule has 90 valence electrons. The molecular formula is C11H23NO3. The molecular weight excluding hydrogens is 194 g/mol. The molecule has 0 aromatic heterocycles. The lowest BCUT2D eigenvalue weighted by Gasteiger charge is -2.40. The van der Waals surface area contributed by atoms with E-state index < -0.39 is 5.91 Å². The number of ether oxygens (including phenoxy) is 2. The second-order valence-corrected chi connectivity index (χ2v) is 4.44. The second kappa shape index (κ2) is 5.80. The molecule has 0 radical (unpaired) electrons. The quantitative estimate of drug-likeness (QED) is 0.552. The molecule has 1 rings (SSSR count). The van der Waals surface area contributed by atoms with E-state index in [2.05, 4.69) is 6.92 Å². The number of methoxy groups -OCH3 is 1. The van der Waals surface area contributed by atoms with Crippen molar-refractivity contribution in [1.82, 2.24) is 4.90 Å². The summed E-state index contributed by atoms with van der Waals surface area (Å²) in [7, 11) is 1.63. The van der Waals surface area contributed by atoms with E-state index in [1.54, 1.807) is 14.0 Å². The summed E-state index contributed by atoms with van der Waals surface area (Å²) in [6, 6.07) is 0. The molecule has 4 heteroatoms. The Morgan fingerprint density at radius 1 is 1.33 bits per heavy atom. The van der Waals surface area contributed by atoms with Gasteiger partial charge < -0.3 is 14.6 Å². The van der Waals surface area contributed by atoms with Crippen molar-refractivity contribution in [3.63, 3.8) is 0 Å². The average molecular weight is 217 g/mol. The molecule has 15 heavy (non-hydrogen) atoms. The predicted molar refractivity (Wildman–Crippen MR) is 58.4 cm³/mol. The van der Waals surface area contributed by atoms with E-state index in [1.165, 1.54) is 0 Å². The Bertz CT molecular complexity index is 177. The summed E-state index contributed by atoms with van der Waals surface area (Å²) in [5.74, 6) is -0.380. The standard InChI is InChI=1S/C11H23NO3/c1-10-4-6-12(7-5-10)11(2,13)15-9-8-14-3/h10,13H,4-9H2,1-3H3. The van der Waals surface area contributed by atoms with Gasteiger partial charge in [-0.1, -0.05) is 6.92 Å². The molecule has 1 aliphatic rings.